The summed E-state index contributed by atoms with van der Waals surface area (Å²) >= 11 is 0. The van der Waals surface area contributed by atoms with Crippen LogP contribution in [0.25, 0.3) is 0 Å². The van der Waals surface area contributed by atoms with Crippen LogP contribution >= 0.6 is 0 Å². The van der Waals surface area contributed by atoms with E-state index in [0.717, 1.165) is 5.56 Å². The molecule has 1 amide bonds. The minimum absolute atomic E-state index is 0.120. The second kappa shape index (κ2) is 6.84. The molecule has 1 fully saturated rings. The number of amides is 1. The Morgan fingerprint density at radius 3 is 2.71 bits per heavy atom. The van der Waals surface area contributed by atoms with Crippen molar-refractivity contribution in [3.05, 3.63) is 65.7 Å². The lowest BCUT2D eigenvalue weighted by Gasteiger charge is -2.17. The summed E-state index contributed by atoms with van der Waals surface area (Å²) in [4.78, 5) is 12.4. The number of benzene rings is 2. The number of nitrogens with zero attached hydrogens (tertiary/aromatic N) is 1. The van der Waals surface area contributed by atoms with Gasteiger partial charge < -0.3 is 9.84 Å². The number of hydrogen-bond acceptors (Lipinski definition) is 4. The van der Waals surface area contributed by atoms with Crippen LogP contribution in [0.3, 0.4) is 0 Å². The molecule has 2 aromatic rings. The van der Waals surface area contributed by atoms with Gasteiger partial charge in [0.25, 0.3) is 0 Å². The Balaban J connectivity index is 1.67. The number of nitrogens with one attached hydrogen (secondary N) is 1. The fourth-order valence-electron chi connectivity index (χ4n) is 2.93. The molecule has 0 bridgehead atoms. The molecule has 0 aliphatic heterocycles. The maximum atomic E-state index is 12.4. The summed E-state index contributed by atoms with van der Waals surface area (Å²) in [5.41, 5.74) is 3.55. The lowest BCUT2D eigenvalue weighted by molar-refractivity contribution is -0.124. The number of ether oxygens (including phenoxy) is 1. The number of hydrazone groups is 1. The Kier molecular flexibility index (Phi) is 4.62. The van der Waals surface area contributed by atoms with Gasteiger partial charge in [0.05, 0.1) is 12.1 Å². The molecule has 2 atom stereocenters. The Hall–Kier alpha value is -2.66. The highest BCUT2D eigenvalue weighted by Gasteiger charge is 2.60. The Morgan fingerprint density at radius 2 is 2.00 bits per heavy atom. The minimum atomic E-state index is -0.551. The Bertz CT molecular complexity index is 745. The van der Waals surface area contributed by atoms with E-state index >= 15 is 0 Å². The molecular formula is C19H20N2O3. The largest absolute Gasteiger partial charge is 0.507 e. The van der Waals surface area contributed by atoms with Crippen molar-refractivity contribution in [3.63, 3.8) is 0 Å². The average molecular weight is 324 g/mol. The van der Waals surface area contributed by atoms with Crippen LogP contribution in [0.15, 0.2) is 59.7 Å². The molecule has 0 aromatic heterocycles. The molecule has 5 heteroatoms. The van der Waals surface area contributed by atoms with Crippen LogP contribution < -0.4 is 5.43 Å². The summed E-state index contributed by atoms with van der Waals surface area (Å²) in [6.45, 7) is 2.47. The third kappa shape index (κ3) is 3.16. The summed E-state index contributed by atoms with van der Waals surface area (Å²) in [5.74, 6) is -0.324. The SMILES string of the molecule is CCO[C@@]1(c2ccccc2)C[C@@H]1C(=O)N/N=C/c1ccccc1O. The van der Waals surface area contributed by atoms with Crippen LogP contribution in [-0.2, 0) is 15.1 Å². The zero-order valence-electron chi connectivity index (χ0n) is 13.5. The smallest absolute Gasteiger partial charge is 0.246 e. The number of para-hydroxylation sites is 1. The summed E-state index contributed by atoms with van der Waals surface area (Å²) in [7, 11) is 0. The third-order valence-corrected chi connectivity index (χ3v) is 4.21. The first-order valence-corrected chi connectivity index (χ1v) is 7.98. The number of phenols is 1. The molecule has 0 spiro atoms. The van der Waals surface area contributed by atoms with Crippen molar-refractivity contribution in [1.29, 1.82) is 0 Å². The standard InChI is InChI=1S/C19H20N2O3/c1-2-24-19(15-9-4-3-5-10-15)12-16(19)18(23)21-20-13-14-8-6-7-11-17(14)22/h3-11,13,16,22H,2,12H2,1H3,(H,21,23)/b20-13+/t16-,19-/m1/s1. The van der Waals surface area contributed by atoms with Crippen LogP contribution in [-0.4, -0.2) is 23.8 Å². The summed E-state index contributed by atoms with van der Waals surface area (Å²) in [6.07, 6.45) is 2.07. The second-order valence-corrected chi connectivity index (χ2v) is 5.74. The molecule has 0 radical (unpaired) electrons. The van der Waals surface area contributed by atoms with Crippen molar-refractivity contribution in [3.8, 4) is 5.75 Å². The summed E-state index contributed by atoms with van der Waals surface area (Å²) in [5, 5.41) is 13.6. The third-order valence-electron chi connectivity index (χ3n) is 4.21. The fourth-order valence-corrected chi connectivity index (χ4v) is 2.93. The van der Waals surface area contributed by atoms with Gasteiger partial charge in [-0.05, 0) is 31.0 Å². The fraction of sp³-hybridized carbons (Fsp3) is 0.263. The van der Waals surface area contributed by atoms with E-state index < -0.39 is 5.60 Å². The first-order chi connectivity index (χ1) is 11.7. The van der Waals surface area contributed by atoms with E-state index in [4.69, 9.17) is 4.74 Å². The molecule has 1 aliphatic rings. The van der Waals surface area contributed by atoms with Gasteiger partial charge in [-0.1, -0.05) is 42.5 Å². The lowest BCUT2D eigenvalue weighted by Crippen LogP contribution is -2.26. The van der Waals surface area contributed by atoms with Crippen molar-refractivity contribution in [1.82, 2.24) is 5.43 Å². The maximum Gasteiger partial charge on any atom is 0.246 e. The molecule has 0 saturated heterocycles. The van der Waals surface area contributed by atoms with Crippen molar-refractivity contribution in [2.24, 2.45) is 11.0 Å². The predicted molar refractivity (Wildman–Crippen MR) is 91.7 cm³/mol. The van der Waals surface area contributed by atoms with Gasteiger partial charge in [0.1, 0.15) is 11.4 Å². The Morgan fingerprint density at radius 1 is 1.29 bits per heavy atom. The maximum absolute atomic E-state index is 12.4. The topological polar surface area (TPSA) is 70.9 Å². The van der Waals surface area contributed by atoms with E-state index in [2.05, 4.69) is 10.5 Å². The zero-order chi connectivity index (χ0) is 17.0. The van der Waals surface area contributed by atoms with Gasteiger partial charge in [0, 0.05) is 12.2 Å². The lowest BCUT2D eigenvalue weighted by atomic mass is 10.1. The summed E-state index contributed by atoms with van der Waals surface area (Å²) < 4.78 is 5.89. The van der Waals surface area contributed by atoms with Crippen LogP contribution in [0.2, 0.25) is 0 Å². The molecule has 1 saturated carbocycles. The molecule has 0 unspecified atom stereocenters. The quantitative estimate of drug-likeness (QED) is 0.634. The summed E-state index contributed by atoms with van der Waals surface area (Å²) in [6, 6.07) is 16.6. The second-order valence-electron chi connectivity index (χ2n) is 5.74. The van der Waals surface area contributed by atoms with Crippen LogP contribution in [0.1, 0.15) is 24.5 Å². The number of aromatic hydroxyl groups is 1. The van der Waals surface area contributed by atoms with E-state index in [1.54, 1.807) is 24.3 Å². The normalized spacial score (nSPS) is 22.5. The minimum Gasteiger partial charge on any atom is -0.507 e. The van der Waals surface area contributed by atoms with Crippen LogP contribution in [0.4, 0.5) is 0 Å². The predicted octanol–water partition coefficient (Wildman–Crippen LogP) is 2.79. The van der Waals surface area contributed by atoms with E-state index in [1.165, 1.54) is 6.21 Å². The zero-order valence-corrected chi connectivity index (χ0v) is 13.5. The van der Waals surface area contributed by atoms with Crippen molar-refractivity contribution in [2.75, 3.05) is 6.61 Å². The first kappa shape index (κ1) is 16.2. The molecule has 0 heterocycles. The van der Waals surface area contributed by atoms with Gasteiger partial charge in [-0.3, -0.25) is 4.79 Å². The van der Waals surface area contributed by atoms with Crippen molar-refractivity contribution in [2.45, 2.75) is 18.9 Å². The van der Waals surface area contributed by atoms with Gasteiger partial charge in [-0.25, -0.2) is 5.43 Å². The van der Waals surface area contributed by atoms with E-state index in [1.807, 2.05) is 37.3 Å². The van der Waals surface area contributed by atoms with Crippen molar-refractivity contribution < 1.29 is 14.6 Å². The number of carbonyl (C=O) groups excluding carboxylic acids is 1. The molecule has 1 aliphatic carbocycles. The molecule has 5 nitrogen and oxygen atoms in total. The van der Waals surface area contributed by atoms with E-state index in [9.17, 15) is 9.90 Å². The molecular weight excluding hydrogens is 304 g/mol. The van der Waals surface area contributed by atoms with E-state index in [0.29, 0.717) is 18.6 Å². The highest BCUT2D eigenvalue weighted by atomic mass is 16.5. The number of phenolic OH excluding ortho intramolecular Hbond substituents is 1. The van der Waals surface area contributed by atoms with Gasteiger partial charge in [0.2, 0.25) is 5.91 Å². The van der Waals surface area contributed by atoms with Crippen LogP contribution in [0, 0.1) is 5.92 Å². The first-order valence-electron chi connectivity index (χ1n) is 7.98. The average Bonchev–Trinajstić information content (AvgIpc) is 3.33. The molecule has 24 heavy (non-hydrogen) atoms. The molecule has 3 rings (SSSR count). The number of carbonyl (C=O) groups is 1. The van der Waals surface area contributed by atoms with Gasteiger partial charge >= 0.3 is 0 Å². The molecule has 2 N–H and O–H groups in total. The molecule has 124 valence electrons. The van der Waals surface area contributed by atoms with Gasteiger partial charge in [0.15, 0.2) is 0 Å². The molecule has 2 aromatic carbocycles. The number of hydrogen-bond donors (Lipinski definition) is 2. The highest BCUT2D eigenvalue weighted by molar-refractivity contribution is 5.87. The van der Waals surface area contributed by atoms with Crippen molar-refractivity contribution >= 4 is 12.1 Å². The van der Waals surface area contributed by atoms with E-state index in [-0.39, 0.29) is 17.6 Å². The Labute approximate surface area is 141 Å². The highest BCUT2D eigenvalue weighted by Crippen LogP contribution is 2.55. The van der Waals surface area contributed by atoms with Gasteiger partial charge in [-0.15, -0.1) is 0 Å². The number of rotatable bonds is 6. The van der Waals surface area contributed by atoms with Gasteiger partial charge in [-0.2, -0.15) is 5.10 Å². The van der Waals surface area contributed by atoms with Crippen LogP contribution in [0.5, 0.6) is 5.75 Å². The monoisotopic (exact) mass is 324 g/mol.